The number of benzene rings is 2. The standard InChI is InChI=1S/C40H58N4O4/c1-37(2)33-23-36-40(28-42-17-21-48-22-18-42)38(3,4)34(44(36)26-30-9-13-32(46-6)14-10-30)24-35(39(37,40)27-41-15-19-47-20-16-41)43(33)25-29-7-11-31(45-5)12-8-29/h7-14,33-36H,15-28H2,1-6H3. The van der Waals surface area contributed by atoms with E-state index in [0.717, 1.165) is 90.3 Å². The Morgan fingerprint density at radius 2 is 0.917 bits per heavy atom. The summed E-state index contributed by atoms with van der Waals surface area (Å²) in [5.41, 5.74) is 3.25. The van der Waals surface area contributed by atoms with E-state index in [1.807, 2.05) is 0 Å². The molecule has 48 heavy (non-hydrogen) atoms. The van der Waals surface area contributed by atoms with Crippen molar-refractivity contribution in [1.29, 1.82) is 0 Å². The summed E-state index contributed by atoms with van der Waals surface area (Å²) in [6, 6.07) is 19.8. The van der Waals surface area contributed by atoms with Gasteiger partial charge >= 0.3 is 0 Å². The molecule has 262 valence electrons. The fourth-order valence-electron chi connectivity index (χ4n) is 12.4. The summed E-state index contributed by atoms with van der Waals surface area (Å²) in [4.78, 5) is 11.6. The van der Waals surface area contributed by atoms with E-state index in [4.69, 9.17) is 18.9 Å². The summed E-state index contributed by atoms with van der Waals surface area (Å²) in [6.45, 7) is 22.5. The van der Waals surface area contributed by atoms with Crippen LogP contribution in [0.15, 0.2) is 48.5 Å². The second-order valence-electron chi connectivity index (χ2n) is 16.7. The molecule has 2 aromatic carbocycles. The Morgan fingerprint density at radius 3 is 1.25 bits per heavy atom. The lowest BCUT2D eigenvalue weighted by Crippen LogP contribution is -2.75. The molecule has 6 fully saturated rings. The molecule has 0 amide bonds. The number of hydrogen-bond acceptors (Lipinski definition) is 8. The second kappa shape index (κ2) is 12.2. The van der Waals surface area contributed by atoms with Gasteiger partial charge in [0.1, 0.15) is 11.5 Å². The molecule has 8 nitrogen and oxygen atoms in total. The van der Waals surface area contributed by atoms with Gasteiger partial charge in [0.25, 0.3) is 0 Å². The lowest BCUT2D eigenvalue weighted by molar-refractivity contribution is -0.201. The fourth-order valence-corrected chi connectivity index (χ4v) is 12.4. The Kier molecular flexibility index (Phi) is 8.41. The third-order valence-electron chi connectivity index (χ3n) is 14.6. The van der Waals surface area contributed by atoms with Gasteiger partial charge in [-0.3, -0.25) is 19.6 Å². The summed E-state index contributed by atoms with van der Waals surface area (Å²) in [5.74, 6) is 1.87. The van der Waals surface area contributed by atoms with Crippen LogP contribution >= 0.6 is 0 Å². The van der Waals surface area contributed by atoms with Crippen molar-refractivity contribution in [3.05, 3.63) is 59.7 Å². The third-order valence-corrected chi connectivity index (χ3v) is 14.6. The van der Waals surface area contributed by atoms with E-state index in [1.54, 1.807) is 14.2 Å². The van der Waals surface area contributed by atoms with Gasteiger partial charge in [0.15, 0.2) is 0 Å². The quantitative estimate of drug-likeness (QED) is 0.354. The zero-order chi connectivity index (χ0) is 33.3. The molecule has 0 spiro atoms. The van der Waals surface area contributed by atoms with Crippen LogP contribution in [-0.2, 0) is 22.6 Å². The molecule has 6 unspecified atom stereocenters. The topological polar surface area (TPSA) is 49.9 Å². The van der Waals surface area contributed by atoms with Crippen molar-refractivity contribution in [3.63, 3.8) is 0 Å². The van der Waals surface area contributed by atoms with E-state index in [-0.39, 0.29) is 21.7 Å². The number of methoxy groups -OCH3 is 2. The Balaban J connectivity index is 1.28. The summed E-state index contributed by atoms with van der Waals surface area (Å²) >= 11 is 0. The van der Waals surface area contributed by atoms with Crippen LogP contribution in [0.2, 0.25) is 0 Å². The van der Waals surface area contributed by atoms with Crippen LogP contribution in [0.3, 0.4) is 0 Å². The van der Waals surface area contributed by atoms with Crippen LogP contribution in [0.5, 0.6) is 11.5 Å². The molecule has 4 bridgehead atoms. The van der Waals surface area contributed by atoms with Crippen LogP contribution in [-0.4, -0.2) is 124 Å². The maximum absolute atomic E-state index is 5.95. The van der Waals surface area contributed by atoms with Crippen LogP contribution < -0.4 is 9.47 Å². The molecular formula is C40H58N4O4. The Bertz CT molecular complexity index is 1330. The number of fused-ring (bicyclic) bond motifs is 2. The van der Waals surface area contributed by atoms with E-state index in [2.05, 4.69) is 95.8 Å². The molecule has 4 aliphatic heterocycles. The second-order valence-corrected chi connectivity index (χ2v) is 16.7. The first-order chi connectivity index (χ1) is 23.2. The molecule has 2 saturated carbocycles. The van der Waals surface area contributed by atoms with E-state index >= 15 is 0 Å². The molecule has 8 heteroatoms. The number of morpholine rings is 2. The van der Waals surface area contributed by atoms with E-state index < -0.39 is 0 Å². The van der Waals surface area contributed by atoms with Crippen molar-refractivity contribution < 1.29 is 18.9 Å². The van der Waals surface area contributed by atoms with Gasteiger partial charge in [0.05, 0.1) is 40.6 Å². The highest BCUT2D eigenvalue weighted by Gasteiger charge is 2.85. The molecule has 2 aromatic rings. The summed E-state index contributed by atoms with van der Waals surface area (Å²) in [6.07, 6.45) is 2.43. The maximum atomic E-state index is 5.95. The van der Waals surface area contributed by atoms with Crippen molar-refractivity contribution in [1.82, 2.24) is 19.6 Å². The van der Waals surface area contributed by atoms with Gasteiger partial charge in [0.2, 0.25) is 0 Å². The van der Waals surface area contributed by atoms with Crippen molar-refractivity contribution in [2.24, 2.45) is 21.7 Å². The Morgan fingerprint density at radius 1 is 0.562 bits per heavy atom. The smallest absolute Gasteiger partial charge is 0.118 e. The third kappa shape index (κ3) is 4.69. The highest BCUT2D eigenvalue weighted by Crippen LogP contribution is 2.80. The van der Waals surface area contributed by atoms with Crippen molar-refractivity contribution in [2.75, 3.05) is 79.9 Å². The first-order valence-corrected chi connectivity index (χ1v) is 18.5. The first-order valence-electron chi connectivity index (χ1n) is 18.5. The largest absolute Gasteiger partial charge is 0.497 e. The summed E-state index contributed by atoms with van der Waals surface area (Å²) < 4.78 is 23.0. The summed E-state index contributed by atoms with van der Waals surface area (Å²) in [7, 11) is 3.52. The number of likely N-dealkylation sites (tertiary alicyclic amines) is 2. The van der Waals surface area contributed by atoms with Crippen molar-refractivity contribution >= 4 is 0 Å². The molecule has 0 aromatic heterocycles. The first kappa shape index (κ1) is 33.0. The van der Waals surface area contributed by atoms with E-state index in [9.17, 15) is 0 Å². The monoisotopic (exact) mass is 658 g/mol. The highest BCUT2D eigenvalue weighted by atomic mass is 16.5. The van der Waals surface area contributed by atoms with Gasteiger partial charge in [-0.1, -0.05) is 52.0 Å². The SMILES string of the molecule is COc1ccc(CN2C3CC4N(Cc5ccc(OC)cc5)C5CC2C(CN2CCOCC2)(C3(C)C)C4(CN2CCOCC2)C5(C)C)cc1. The minimum atomic E-state index is 0.102. The Hall–Kier alpha value is -2.20. The Labute approximate surface area is 288 Å². The van der Waals surface area contributed by atoms with Crippen molar-refractivity contribution in [3.8, 4) is 11.5 Å². The van der Waals surface area contributed by atoms with Gasteiger partial charge in [0, 0.05) is 87.4 Å². The van der Waals surface area contributed by atoms with Crippen molar-refractivity contribution in [2.45, 2.75) is 77.8 Å². The highest BCUT2D eigenvalue weighted by molar-refractivity contribution is 5.39. The molecule has 6 atom stereocenters. The molecular weight excluding hydrogens is 600 g/mol. The predicted octanol–water partition coefficient (Wildman–Crippen LogP) is 5.01. The molecule has 2 aliphatic carbocycles. The average molecular weight is 659 g/mol. The molecule has 6 aliphatic rings. The molecule has 0 radical (unpaired) electrons. The van der Waals surface area contributed by atoms with Crippen LogP contribution in [0.25, 0.3) is 0 Å². The lowest BCUT2D eigenvalue weighted by Gasteiger charge is -2.69. The number of nitrogens with zero attached hydrogens (tertiary/aromatic N) is 4. The fraction of sp³-hybridized carbons (Fsp3) is 0.700. The van der Waals surface area contributed by atoms with E-state index in [1.165, 1.54) is 24.0 Å². The zero-order valence-electron chi connectivity index (χ0n) is 30.2. The molecule has 4 saturated heterocycles. The minimum Gasteiger partial charge on any atom is -0.497 e. The van der Waals surface area contributed by atoms with Gasteiger partial charge in [-0.2, -0.15) is 0 Å². The summed E-state index contributed by atoms with van der Waals surface area (Å²) in [5, 5.41) is 0. The van der Waals surface area contributed by atoms with Crippen LogP contribution in [0.4, 0.5) is 0 Å². The van der Waals surface area contributed by atoms with Gasteiger partial charge < -0.3 is 18.9 Å². The van der Waals surface area contributed by atoms with Gasteiger partial charge in [-0.05, 0) is 59.1 Å². The van der Waals surface area contributed by atoms with Crippen LogP contribution in [0.1, 0.15) is 51.7 Å². The maximum Gasteiger partial charge on any atom is 0.118 e. The predicted molar refractivity (Wildman–Crippen MR) is 188 cm³/mol. The molecule has 4 heterocycles. The number of ether oxygens (including phenoxy) is 4. The van der Waals surface area contributed by atoms with E-state index in [0.29, 0.717) is 24.2 Å². The molecule has 0 N–H and O–H groups in total. The lowest BCUT2D eigenvalue weighted by atomic mass is 9.35. The molecule has 8 rings (SSSR count). The van der Waals surface area contributed by atoms with Gasteiger partial charge in [-0.15, -0.1) is 0 Å². The van der Waals surface area contributed by atoms with Gasteiger partial charge in [-0.25, -0.2) is 0 Å². The number of hydrogen-bond donors (Lipinski definition) is 0. The average Bonchev–Trinajstić information content (AvgIpc) is 3.29. The van der Waals surface area contributed by atoms with Crippen LogP contribution in [0, 0.1) is 21.7 Å². The number of rotatable bonds is 10. The normalized spacial score (nSPS) is 36.0. The minimum absolute atomic E-state index is 0.102. The zero-order valence-corrected chi connectivity index (χ0v) is 30.2.